The van der Waals surface area contributed by atoms with Crippen LogP contribution in [0.5, 0.6) is 23.0 Å². The van der Waals surface area contributed by atoms with E-state index in [-0.39, 0.29) is 44.7 Å². The molecule has 2 aliphatic carbocycles. The molecule has 11 nitrogen and oxygen atoms in total. The normalized spacial score (nSPS) is 21.1. The van der Waals surface area contributed by atoms with E-state index in [4.69, 9.17) is 18.9 Å². The predicted molar refractivity (Wildman–Crippen MR) is 159 cm³/mol. The Morgan fingerprint density at radius 3 is 2.67 bits per heavy atom. The number of rotatable bonds is 11. The van der Waals surface area contributed by atoms with Crippen molar-refractivity contribution in [2.75, 3.05) is 27.1 Å². The quantitative estimate of drug-likeness (QED) is 0.239. The van der Waals surface area contributed by atoms with Gasteiger partial charge in [0.1, 0.15) is 18.5 Å². The van der Waals surface area contributed by atoms with Crippen LogP contribution in [0.25, 0.3) is 0 Å². The summed E-state index contributed by atoms with van der Waals surface area (Å²) in [5.41, 5.74) is 1.50. The third-order valence-electron chi connectivity index (χ3n) is 7.78. The number of fused-ring (bicyclic) bond motifs is 1. The molecule has 1 heterocycles. The number of hydrogen-bond acceptors (Lipinski definition) is 9. The van der Waals surface area contributed by atoms with Crippen LogP contribution < -0.4 is 24.3 Å². The Morgan fingerprint density at radius 2 is 1.98 bits per heavy atom. The van der Waals surface area contributed by atoms with E-state index in [1.54, 1.807) is 23.1 Å². The third-order valence-corrected chi connectivity index (χ3v) is 8.59. The summed E-state index contributed by atoms with van der Waals surface area (Å²) in [5, 5.41) is 23.7. The first-order chi connectivity index (χ1) is 20.3. The van der Waals surface area contributed by atoms with Crippen molar-refractivity contribution in [1.29, 1.82) is 0 Å². The number of ether oxygens (including phenoxy) is 4. The van der Waals surface area contributed by atoms with Crippen LogP contribution in [0.4, 0.5) is 0 Å². The number of aliphatic hydroxyl groups excluding tert-OH is 2. The molecule has 2 aromatic carbocycles. The molecule has 0 saturated heterocycles. The van der Waals surface area contributed by atoms with E-state index in [1.165, 1.54) is 13.2 Å². The molecule has 42 heavy (non-hydrogen) atoms. The molecule has 5 rings (SSSR count). The Hall–Kier alpha value is -3.36. The van der Waals surface area contributed by atoms with Crippen LogP contribution in [0.15, 0.2) is 42.0 Å². The number of nitrogens with one attached hydrogen (secondary N) is 1. The molecule has 1 saturated carbocycles. The average molecular weight is 693 g/mol. The number of nitrogens with zero attached hydrogens (tertiary/aromatic N) is 1. The maximum atomic E-state index is 13.9. The van der Waals surface area contributed by atoms with Crippen LogP contribution in [0, 0.1) is 9.49 Å². The zero-order chi connectivity index (χ0) is 29.8. The largest absolute Gasteiger partial charge is 0.493 e. The minimum absolute atomic E-state index is 0.0513. The van der Waals surface area contributed by atoms with E-state index in [0.717, 1.165) is 24.8 Å². The first-order valence-electron chi connectivity index (χ1n) is 13.8. The zero-order valence-corrected chi connectivity index (χ0v) is 25.2. The summed E-state index contributed by atoms with van der Waals surface area (Å²) in [6.45, 7) is 0.119. The standard InChI is InChI=1S/C30H33IN2O9/c1-39-26-11-18(15-35)9-21(31)28(26)42-25-13-20(29(37)32-7-8-34)12-22(27(25)36)33(30(38)19-3-2-4-19)14-17-5-6-23-24(10-17)41-16-40-23/h5-6,9-11,13,15,19,22,25,27,34,36H,2-4,7-8,12,14,16H2,1H3,(H,32,37)/t22-,25+,27+/m1/s1. The van der Waals surface area contributed by atoms with Crippen molar-refractivity contribution < 1.29 is 43.5 Å². The second-order valence-electron chi connectivity index (χ2n) is 10.4. The van der Waals surface area contributed by atoms with Gasteiger partial charge in [0, 0.05) is 36.6 Å². The van der Waals surface area contributed by atoms with E-state index in [1.807, 2.05) is 34.7 Å². The van der Waals surface area contributed by atoms with Gasteiger partial charge in [-0.3, -0.25) is 14.4 Å². The summed E-state index contributed by atoms with van der Waals surface area (Å²) < 4.78 is 23.3. The Labute approximate surface area is 256 Å². The highest BCUT2D eigenvalue weighted by molar-refractivity contribution is 14.1. The summed E-state index contributed by atoms with van der Waals surface area (Å²) in [6.07, 6.45) is 2.57. The fourth-order valence-corrected chi connectivity index (χ4v) is 6.07. The molecule has 12 heteroatoms. The molecule has 1 fully saturated rings. The molecular formula is C30H33IN2O9. The average Bonchev–Trinajstić information content (AvgIpc) is 3.43. The Balaban J connectivity index is 1.50. The fourth-order valence-electron chi connectivity index (χ4n) is 5.32. The van der Waals surface area contributed by atoms with Gasteiger partial charge in [0.05, 0.1) is 23.3 Å². The van der Waals surface area contributed by atoms with Crippen LogP contribution in [-0.2, 0) is 16.1 Å². The van der Waals surface area contributed by atoms with Crippen LogP contribution in [0.1, 0.15) is 41.6 Å². The van der Waals surface area contributed by atoms with E-state index >= 15 is 0 Å². The molecule has 224 valence electrons. The van der Waals surface area contributed by atoms with E-state index in [2.05, 4.69) is 5.32 Å². The van der Waals surface area contributed by atoms with Crippen molar-refractivity contribution >= 4 is 40.7 Å². The number of benzene rings is 2. The summed E-state index contributed by atoms with van der Waals surface area (Å²) >= 11 is 2.02. The topological polar surface area (TPSA) is 144 Å². The number of halogens is 1. The number of methoxy groups -OCH3 is 1. The van der Waals surface area contributed by atoms with Crippen molar-refractivity contribution in [1.82, 2.24) is 10.2 Å². The lowest BCUT2D eigenvalue weighted by molar-refractivity contribution is -0.146. The number of hydrogen-bond donors (Lipinski definition) is 3. The third kappa shape index (κ3) is 6.35. The van der Waals surface area contributed by atoms with E-state index < -0.39 is 24.2 Å². The summed E-state index contributed by atoms with van der Waals surface area (Å²) in [7, 11) is 1.45. The number of amides is 2. The molecule has 1 aliphatic heterocycles. The van der Waals surface area contributed by atoms with Crippen LogP contribution >= 0.6 is 22.6 Å². The smallest absolute Gasteiger partial charge is 0.247 e. The van der Waals surface area contributed by atoms with Crippen molar-refractivity contribution in [2.45, 2.75) is 50.5 Å². The maximum Gasteiger partial charge on any atom is 0.247 e. The number of carbonyl (C=O) groups excluding carboxylic acids is 3. The van der Waals surface area contributed by atoms with Crippen molar-refractivity contribution in [3.05, 3.63) is 56.7 Å². The molecule has 0 bridgehead atoms. The van der Waals surface area contributed by atoms with Gasteiger partial charge < -0.3 is 39.4 Å². The Bertz CT molecular complexity index is 1380. The highest BCUT2D eigenvalue weighted by Gasteiger charge is 2.43. The molecule has 0 unspecified atom stereocenters. The van der Waals surface area contributed by atoms with Gasteiger partial charge in [-0.2, -0.15) is 0 Å². The number of aldehydes is 1. The Kier molecular flexibility index (Phi) is 9.53. The van der Waals surface area contributed by atoms with Gasteiger partial charge in [0.15, 0.2) is 23.0 Å². The summed E-state index contributed by atoms with van der Waals surface area (Å²) in [4.78, 5) is 40.0. The molecule has 0 radical (unpaired) electrons. The molecule has 2 aromatic rings. The van der Waals surface area contributed by atoms with Gasteiger partial charge in [-0.05, 0) is 71.3 Å². The molecule has 0 spiro atoms. The second-order valence-corrected chi connectivity index (χ2v) is 11.6. The van der Waals surface area contributed by atoms with Gasteiger partial charge in [0.2, 0.25) is 18.6 Å². The SMILES string of the molecule is COc1cc(C=O)cc(I)c1O[C@H]1C=C(C(=O)NCCO)C[C@@H](N(Cc2ccc3c(c2)OCO3)C(=O)C2CCC2)[C@@H]1O. The van der Waals surface area contributed by atoms with Crippen LogP contribution in [-0.4, -0.2) is 78.5 Å². The van der Waals surface area contributed by atoms with Gasteiger partial charge in [-0.1, -0.05) is 12.5 Å². The van der Waals surface area contributed by atoms with E-state index in [9.17, 15) is 24.6 Å². The number of aliphatic hydroxyl groups is 2. The van der Waals surface area contributed by atoms with Gasteiger partial charge in [-0.25, -0.2) is 0 Å². The lowest BCUT2D eigenvalue weighted by Gasteiger charge is -2.43. The molecule has 2 amide bonds. The highest BCUT2D eigenvalue weighted by atomic mass is 127. The monoisotopic (exact) mass is 692 g/mol. The molecule has 0 aromatic heterocycles. The first kappa shape index (κ1) is 30.1. The van der Waals surface area contributed by atoms with Crippen molar-refractivity contribution in [2.24, 2.45) is 5.92 Å². The summed E-state index contributed by atoms with van der Waals surface area (Å²) in [5.74, 6) is 1.11. The lowest BCUT2D eigenvalue weighted by atomic mass is 9.82. The van der Waals surface area contributed by atoms with E-state index in [0.29, 0.717) is 44.0 Å². The summed E-state index contributed by atoms with van der Waals surface area (Å²) in [6, 6.07) is 7.82. The van der Waals surface area contributed by atoms with Crippen molar-refractivity contribution in [3.8, 4) is 23.0 Å². The highest BCUT2D eigenvalue weighted by Crippen LogP contribution is 2.39. The van der Waals surface area contributed by atoms with Gasteiger partial charge >= 0.3 is 0 Å². The van der Waals surface area contributed by atoms with Crippen molar-refractivity contribution in [3.63, 3.8) is 0 Å². The minimum atomic E-state index is -1.20. The van der Waals surface area contributed by atoms with Crippen LogP contribution in [0.2, 0.25) is 0 Å². The first-order valence-corrected chi connectivity index (χ1v) is 14.9. The molecule has 3 N–H and O–H groups in total. The predicted octanol–water partition coefficient (Wildman–Crippen LogP) is 2.59. The Morgan fingerprint density at radius 1 is 1.19 bits per heavy atom. The fraction of sp³-hybridized carbons (Fsp3) is 0.433. The lowest BCUT2D eigenvalue weighted by Crippen LogP contribution is -2.56. The zero-order valence-electron chi connectivity index (χ0n) is 23.1. The van der Waals surface area contributed by atoms with Gasteiger partial charge in [0.25, 0.3) is 0 Å². The minimum Gasteiger partial charge on any atom is -0.493 e. The molecular weight excluding hydrogens is 659 g/mol. The second kappa shape index (κ2) is 13.3. The van der Waals surface area contributed by atoms with Gasteiger partial charge in [-0.15, -0.1) is 0 Å². The molecule has 3 atom stereocenters. The number of carbonyl (C=O) groups is 3. The van der Waals surface area contributed by atoms with Crippen LogP contribution in [0.3, 0.4) is 0 Å². The maximum absolute atomic E-state index is 13.9. The molecule has 3 aliphatic rings.